The first-order valence-electron chi connectivity index (χ1n) is 6.26. The third-order valence-corrected chi connectivity index (χ3v) is 3.45. The van der Waals surface area contributed by atoms with Crippen molar-refractivity contribution in [3.05, 3.63) is 71.3 Å². The van der Waals surface area contributed by atoms with Crippen LogP contribution in [0.25, 0.3) is 0 Å². The van der Waals surface area contributed by atoms with Gasteiger partial charge in [0.15, 0.2) is 0 Å². The number of hydrogen-bond donors (Lipinski definition) is 1. The smallest absolute Gasteiger partial charge is 0.106 e. The van der Waals surface area contributed by atoms with Crippen molar-refractivity contribution in [2.45, 2.75) is 25.2 Å². The van der Waals surface area contributed by atoms with E-state index in [-0.39, 0.29) is 6.10 Å². The Bertz CT molecular complexity index is 522. The first-order chi connectivity index (χ1) is 8.84. The normalized spacial score (nSPS) is 21.8. The topological polar surface area (TPSA) is 29.5 Å². The maximum Gasteiger partial charge on any atom is 0.106 e. The van der Waals surface area contributed by atoms with Crippen molar-refractivity contribution in [2.75, 3.05) is 0 Å². The Morgan fingerprint density at radius 2 is 1.72 bits per heavy atom. The van der Waals surface area contributed by atoms with Gasteiger partial charge in [0.05, 0.1) is 12.7 Å². The molecule has 1 N–H and O–H groups in total. The van der Waals surface area contributed by atoms with Crippen molar-refractivity contribution in [1.29, 1.82) is 0 Å². The van der Waals surface area contributed by atoms with Gasteiger partial charge in [0.2, 0.25) is 0 Å². The fraction of sp³-hybridized carbons (Fsp3) is 0.250. The molecule has 0 fully saturated rings. The second-order valence-corrected chi connectivity index (χ2v) is 4.68. The molecule has 2 unspecified atom stereocenters. The number of fused-ring (bicyclic) bond motifs is 1. The number of benzene rings is 2. The van der Waals surface area contributed by atoms with Crippen LogP contribution in [0, 0.1) is 0 Å². The minimum absolute atomic E-state index is 0.123. The SMILES string of the molecule is OC1c2ccccc2CC1OCc1ccccc1. The Kier molecular flexibility index (Phi) is 3.13. The third kappa shape index (κ3) is 2.17. The van der Waals surface area contributed by atoms with E-state index in [0.717, 1.165) is 17.5 Å². The van der Waals surface area contributed by atoms with Gasteiger partial charge in [0, 0.05) is 6.42 Å². The molecule has 0 aliphatic heterocycles. The number of ether oxygens (including phenoxy) is 1. The Morgan fingerprint density at radius 1 is 1.00 bits per heavy atom. The van der Waals surface area contributed by atoms with Crippen LogP contribution in [-0.4, -0.2) is 11.2 Å². The molecule has 2 nitrogen and oxygen atoms in total. The summed E-state index contributed by atoms with van der Waals surface area (Å²) < 4.78 is 5.83. The van der Waals surface area contributed by atoms with Crippen LogP contribution >= 0.6 is 0 Å². The molecule has 2 atom stereocenters. The summed E-state index contributed by atoms with van der Waals surface area (Å²) in [7, 11) is 0. The largest absolute Gasteiger partial charge is 0.386 e. The Balaban J connectivity index is 1.66. The standard InChI is InChI=1S/C16H16O2/c17-16-14-9-5-4-8-13(14)10-15(16)18-11-12-6-2-1-3-7-12/h1-9,15-17H,10-11H2. The highest BCUT2D eigenvalue weighted by Gasteiger charge is 2.31. The molecule has 0 saturated heterocycles. The molecule has 92 valence electrons. The molecule has 0 aromatic heterocycles. The lowest BCUT2D eigenvalue weighted by atomic mass is 10.1. The molecule has 0 saturated carbocycles. The van der Waals surface area contributed by atoms with Gasteiger partial charge in [-0.3, -0.25) is 0 Å². The molecule has 0 radical (unpaired) electrons. The molecule has 2 aromatic rings. The summed E-state index contributed by atoms with van der Waals surface area (Å²) in [6.07, 6.45) is 0.178. The zero-order valence-electron chi connectivity index (χ0n) is 10.1. The zero-order valence-corrected chi connectivity index (χ0v) is 10.1. The van der Waals surface area contributed by atoms with Crippen molar-refractivity contribution in [2.24, 2.45) is 0 Å². The van der Waals surface area contributed by atoms with E-state index in [1.165, 1.54) is 5.56 Å². The molecule has 0 amide bonds. The lowest BCUT2D eigenvalue weighted by molar-refractivity contribution is -0.0363. The van der Waals surface area contributed by atoms with Crippen molar-refractivity contribution in [3.63, 3.8) is 0 Å². The minimum atomic E-state index is -0.495. The summed E-state index contributed by atoms with van der Waals surface area (Å²) in [6, 6.07) is 18.1. The van der Waals surface area contributed by atoms with Crippen molar-refractivity contribution < 1.29 is 9.84 Å². The van der Waals surface area contributed by atoms with Crippen LogP contribution in [0.5, 0.6) is 0 Å². The fourth-order valence-corrected chi connectivity index (χ4v) is 2.46. The van der Waals surface area contributed by atoms with Gasteiger partial charge in [0.25, 0.3) is 0 Å². The van der Waals surface area contributed by atoms with Crippen LogP contribution in [0.2, 0.25) is 0 Å². The number of aliphatic hydroxyl groups is 1. The van der Waals surface area contributed by atoms with Crippen LogP contribution in [0.4, 0.5) is 0 Å². The van der Waals surface area contributed by atoms with E-state index in [0.29, 0.717) is 6.61 Å². The molecule has 2 heteroatoms. The molecule has 3 rings (SSSR count). The molecule has 2 aromatic carbocycles. The van der Waals surface area contributed by atoms with Gasteiger partial charge in [-0.25, -0.2) is 0 Å². The number of aliphatic hydroxyl groups excluding tert-OH is 1. The average molecular weight is 240 g/mol. The Morgan fingerprint density at radius 3 is 2.50 bits per heavy atom. The van der Waals surface area contributed by atoms with Crippen LogP contribution in [-0.2, 0) is 17.8 Å². The van der Waals surface area contributed by atoms with Gasteiger partial charge in [-0.2, -0.15) is 0 Å². The van der Waals surface area contributed by atoms with E-state index in [1.807, 2.05) is 48.5 Å². The summed E-state index contributed by atoms with van der Waals surface area (Å²) in [6.45, 7) is 0.552. The second-order valence-electron chi connectivity index (χ2n) is 4.68. The van der Waals surface area contributed by atoms with Gasteiger partial charge in [0.1, 0.15) is 6.10 Å². The molecule has 0 bridgehead atoms. The molecule has 1 aliphatic carbocycles. The highest BCUT2D eigenvalue weighted by Crippen LogP contribution is 2.33. The van der Waals surface area contributed by atoms with Crippen LogP contribution in [0.3, 0.4) is 0 Å². The van der Waals surface area contributed by atoms with E-state index in [1.54, 1.807) is 0 Å². The van der Waals surface area contributed by atoms with E-state index >= 15 is 0 Å². The Hall–Kier alpha value is -1.64. The van der Waals surface area contributed by atoms with Crippen LogP contribution < -0.4 is 0 Å². The maximum absolute atomic E-state index is 10.2. The van der Waals surface area contributed by atoms with Gasteiger partial charge in [-0.15, -0.1) is 0 Å². The minimum Gasteiger partial charge on any atom is -0.386 e. The van der Waals surface area contributed by atoms with Gasteiger partial charge < -0.3 is 9.84 Å². The average Bonchev–Trinajstić information content (AvgIpc) is 2.75. The molecule has 18 heavy (non-hydrogen) atoms. The summed E-state index contributed by atoms with van der Waals surface area (Å²) in [4.78, 5) is 0. The van der Waals surface area contributed by atoms with E-state index in [4.69, 9.17) is 4.74 Å². The summed E-state index contributed by atoms with van der Waals surface area (Å²) >= 11 is 0. The van der Waals surface area contributed by atoms with E-state index < -0.39 is 6.10 Å². The highest BCUT2D eigenvalue weighted by molar-refractivity contribution is 5.35. The van der Waals surface area contributed by atoms with Crippen LogP contribution in [0.15, 0.2) is 54.6 Å². The summed E-state index contributed by atoms with van der Waals surface area (Å²) in [5.74, 6) is 0. The third-order valence-electron chi connectivity index (χ3n) is 3.45. The van der Waals surface area contributed by atoms with Gasteiger partial charge in [-0.05, 0) is 16.7 Å². The second kappa shape index (κ2) is 4.92. The molecular formula is C16H16O2. The maximum atomic E-state index is 10.2. The lowest BCUT2D eigenvalue weighted by Gasteiger charge is -2.16. The highest BCUT2D eigenvalue weighted by atomic mass is 16.5. The van der Waals surface area contributed by atoms with Crippen molar-refractivity contribution in [1.82, 2.24) is 0 Å². The Labute approximate surface area is 107 Å². The first-order valence-corrected chi connectivity index (χ1v) is 6.26. The monoisotopic (exact) mass is 240 g/mol. The zero-order chi connectivity index (χ0) is 12.4. The lowest BCUT2D eigenvalue weighted by Crippen LogP contribution is -2.18. The molecular weight excluding hydrogens is 224 g/mol. The number of hydrogen-bond acceptors (Lipinski definition) is 2. The quantitative estimate of drug-likeness (QED) is 0.894. The number of rotatable bonds is 3. The summed E-state index contributed by atoms with van der Waals surface area (Å²) in [5.41, 5.74) is 3.35. The molecule has 0 spiro atoms. The van der Waals surface area contributed by atoms with Crippen LogP contribution in [0.1, 0.15) is 22.8 Å². The predicted octanol–water partition coefficient (Wildman–Crippen LogP) is 2.86. The van der Waals surface area contributed by atoms with Gasteiger partial charge >= 0.3 is 0 Å². The van der Waals surface area contributed by atoms with Crippen molar-refractivity contribution in [3.8, 4) is 0 Å². The van der Waals surface area contributed by atoms with E-state index in [9.17, 15) is 5.11 Å². The molecule has 0 heterocycles. The van der Waals surface area contributed by atoms with Gasteiger partial charge in [-0.1, -0.05) is 54.6 Å². The molecule has 1 aliphatic rings. The van der Waals surface area contributed by atoms with E-state index in [2.05, 4.69) is 6.07 Å². The fourth-order valence-electron chi connectivity index (χ4n) is 2.46. The first kappa shape index (κ1) is 11.5. The summed E-state index contributed by atoms with van der Waals surface area (Å²) in [5, 5.41) is 10.2. The van der Waals surface area contributed by atoms with Crippen molar-refractivity contribution >= 4 is 0 Å². The predicted molar refractivity (Wildman–Crippen MR) is 70.1 cm³/mol.